The molecule has 33 heavy (non-hydrogen) atoms. The first-order valence-corrected chi connectivity index (χ1v) is 12.5. The first-order chi connectivity index (χ1) is 15.8. The fraction of sp³-hybridized carbons (Fsp3) is 0.238. The number of carbonyl (C=O) groups excluding carboxylic acids is 1. The minimum absolute atomic E-state index is 0.0459. The summed E-state index contributed by atoms with van der Waals surface area (Å²) >= 11 is 0.851. The van der Waals surface area contributed by atoms with E-state index in [1.54, 1.807) is 0 Å². The van der Waals surface area contributed by atoms with Crippen molar-refractivity contribution in [2.75, 3.05) is 42.9 Å². The zero-order valence-corrected chi connectivity index (χ0v) is 19.1. The number of hydrogen-bond donors (Lipinski definition) is 2. The topological polar surface area (TPSA) is 127 Å². The van der Waals surface area contributed by atoms with Gasteiger partial charge in [0, 0.05) is 17.8 Å². The molecule has 1 saturated heterocycles. The minimum atomic E-state index is -3.88. The molecule has 3 aromatic rings. The zero-order chi connectivity index (χ0) is 23.4. The van der Waals surface area contributed by atoms with Crippen LogP contribution in [0.5, 0.6) is 0 Å². The van der Waals surface area contributed by atoms with Crippen LogP contribution in [0.1, 0.15) is 0 Å². The van der Waals surface area contributed by atoms with Crippen molar-refractivity contribution >= 4 is 43.6 Å². The third-order valence-electron chi connectivity index (χ3n) is 5.36. The Hall–Kier alpha value is -3.35. The Balaban J connectivity index is 1.33. The highest BCUT2D eigenvalue weighted by Gasteiger charge is 2.25. The van der Waals surface area contributed by atoms with Crippen LogP contribution in [0.2, 0.25) is 0 Å². The van der Waals surface area contributed by atoms with Gasteiger partial charge in [-0.25, -0.2) is 13.4 Å². The number of para-hydroxylation sites is 1. The lowest BCUT2D eigenvalue weighted by molar-refractivity contribution is -0.892. The highest BCUT2D eigenvalue weighted by molar-refractivity contribution is 7.93. The van der Waals surface area contributed by atoms with Crippen LogP contribution in [0.25, 0.3) is 0 Å². The number of non-ortho nitro benzene ring substituents is 1. The van der Waals surface area contributed by atoms with Gasteiger partial charge in [-0.1, -0.05) is 29.5 Å². The molecule has 0 radical (unpaired) electrons. The maximum atomic E-state index is 12.8. The molecule has 0 unspecified atom stereocenters. The third kappa shape index (κ3) is 5.35. The van der Waals surface area contributed by atoms with Crippen LogP contribution in [0.4, 0.5) is 16.5 Å². The molecule has 0 spiro atoms. The fourth-order valence-electron chi connectivity index (χ4n) is 3.59. The standard InChI is InChI=1S/C21H21N5O5S2/c27-19(15-24-10-12-25(13-11-24)16-4-2-1-3-5-16)23-21-22-14-20(32-21)33(30,31)18-8-6-17(7-9-18)26(28)29/h1-9,14H,10-13,15H2,(H,22,23,27)/p+1. The third-order valence-corrected chi connectivity index (χ3v) is 8.50. The lowest BCUT2D eigenvalue weighted by Crippen LogP contribution is -3.15. The Morgan fingerprint density at radius 3 is 2.42 bits per heavy atom. The Morgan fingerprint density at radius 2 is 1.79 bits per heavy atom. The highest BCUT2D eigenvalue weighted by Crippen LogP contribution is 2.29. The van der Waals surface area contributed by atoms with Gasteiger partial charge in [0.15, 0.2) is 11.7 Å². The molecule has 172 valence electrons. The van der Waals surface area contributed by atoms with E-state index in [4.69, 9.17) is 0 Å². The van der Waals surface area contributed by atoms with Crippen LogP contribution in [-0.2, 0) is 14.6 Å². The predicted molar refractivity (Wildman–Crippen MR) is 124 cm³/mol. The number of hydrogen-bond acceptors (Lipinski definition) is 8. The van der Waals surface area contributed by atoms with E-state index >= 15 is 0 Å². The van der Waals surface area contributed by atoms with Crippen molar-refractivity contribution in [3.05, 3.63) is 70.9 Å². The molecule has 1 aromatic heterocycles. The average Bonchev–Trinajstić information content (AvgIpc) is 3.29. The predicted octanol–water partition coefficient (Wildman–Crippen LogP) is 1.23. The monoisotopic (exact) mass is 488 g/mol. The van der Waals surface area contributed by atoms with Gasteiger partial charge in [0.1, 0.15) is 4.21 Å². The number of rotatable bonds is 7. The van der Waals surface area contributed by atoms with E-state index < -0.39 is 14.8 Å². The molecule has 1 aliphatic rings. The van der Waals surface area contributed by atoms with Crippen LogP contribution in [0, 0.1) is 10.1 Å². The Labute approximate surface area is 194 Å². The number of carbonyl (C=O) groups is 1. The molecule has 1 aliphatic heterocycles. The molecule has 0 aliphatic carbocycles. The van der Waals surface area contributed by atoms with Crippen molar-refractivity contribution < 1.29 is 23.0 Å². The summed E-state index contributed by atoms with van der Waals surface area (Å²) in [7, 11) is -3.88. The van der Waals surface area contributed by atoms with E-state index in [0.29, 0.717) is 0 Å². The van der Waals surface area contributed by atoms with E-state index in [1.165, 1.54) is 24.0 Å². The van der Waals surface area contributed by atoms with Gasteiger partial charge in [-0.15, -0.1) is 0 Å². The van der Waals surface area contributed by atoms with E-state index in [2.05, 4.69) is 27.3 Å². The second-order valence-corrected chi connectivity index (χ2v) is 10.7. The molecule has 12 heteroatoms. The largest absolute Gasteiger partial charge is 0.360 e. The average molecular weight is 489 g/mol. The van der Waals surface area contributed by atoms with Gasteiger partial charge in [-0.2, -0.15) is 0 Å². The van der Waals surface area contributed by atoms with Crippen LogP contribution >= 0.6 is 11.3 Å². The van der Waals surface area contributed by atoms with Crippen molar-refractivity contribution in [2.45, 2.75) is 9.10 Å². The number of anilines is 2. The molecule has 4 rings (SSSR count). The molecular formula is C21H22N5O5S2+. The summed E-state index contributed by atoms with van der Waals surface area (Å²) in [5.41, 5.74) is 0.976. The number of thiazole rings is 1. The van der Waals surface area contributed by atoms with Crippen molar-refractivity contribution in [1.29, 1.82) is 0 Å². The molecule has 2 heterocycles. The Morgan fingerprint density at radius 1 is 1.12 bits per heavy atom. The maximum Gasteiger partial charge on any atom is 0.281 e. The molecule has 10 nitrogen and oxygen atoms in total. The minimum Gasteiger partial charge on any atom is -0.360 e. The number of nitro groups is 1. The number of benzene rings is 2. The normalized spacial score (nSPS) is 14.7. The molecule has 1 amide bonds. The van der Waals surface area contributed by atoms with Crippen molar-refractivity contribution in [3.63, 3.8) is 0 Å². The van der Waals surface area contributed by atoms with E-state index in [1.807, 2.05) is 18.2 Å². The van der Waals surface area contributed by atoms with Gasteiger partial charge in [0.25, 0.3) is 11.6 Å². The summed E-state index contributed by atoms with van der Waals surface area (Å²) in [6, 6.07) is 14.8. The van der Waals surface area contributed by atoms with Crippen molar-refractivity contribution in [1.82, 2.24) is 4.98 Å². The fourth-order valence-corrected chi connectivity index (χ4v) is 6.04. The lowest BCUT2D eigenvalue weighted by atomic mass is 10.2. The molecule has 0 bridgehead atoms. The number of aromatic nitrogens is 1. The number of nitrogens with one attached hydrogen (secondary N) is 2. The number of amides is 1. The van der Waals surface area contributed by atoms with Crippen molar-refractivity contribution in [2.24, 2.45) is 0 Å². The Kier molecular flexibility index (Phi) is 6.67. The van der Waals surface area contributed by atoms with Crippen LogP contribution < -0.4 is 15.1 Å². The zero-order valence-electron chi connectivity index (χ0n) is 17.5. The Bertz CT molecular complexity index is 1240. The number of quaternary nitrogens is 1. The van der Waals surface area contributed by atoms with Gasteiger partial charge in [-0.05, 0) is 24.3 Å². The second kappa shape index (κ2) is 9.65. The maximum absolute atomic E-state index is 12.8. The molecule has 1 fully saturated rings. The van der Waals surface area contributed by atoms with Crippen molar-refractivity contribution in [3.8, 4) is 0 Å². The quantitative estimate of drug-likeness (QED) is 0.378. The summed E-state index contributed by atoms with van der Waals surface area (Å²) in [5, 5.41) is 13.6. The van der Waals surface area contributed by atoms with Crippen LogP contribution in [0.3, 0.4) is 0 Å². The van der Waals surface area contributed by atoms with Crippen LogP contribution in [-0.4, -0.2) is 57.0 Å². The van der Waals surface area contributed by atoms with E-state index in [-0.39, 0.29) is 32.4 Å². The molecular weight excluding hydrogens is 466 g/mol. The van der Waals surface area contributed by atoms with Gasteiger partial charge in [-0.3, -0.25) is 20.2 Å². The summed E-state index contributed by atoms with van der Waals surface area (Å²) in [5.74, 6) is -0.230. The second-order valence-electron chi connectivity index (χ2n) is 7.54. The lowest BCUT2D eigenvalue weighted by Gasteiger charge is -2.33. The van der Waals surface area contributed by atoms with Gasteiger partial charge in [0.05, 0.1) is 42.2 Å². The van der Waals surface area contributed by atoms with Gasteiger partial charge < -0.3 is 9.80 Å². The number of sulfone groups is 1. The smallest absolute Gasteiger partial charge is 0.281 e. The number of nitro benzene ring substituents is 1. The molecule has 0 saturated carbocycles. The summed E-state index contributed by atoms with van der Waals surface area (Å²) in [6.45, 7) is 3.61. The van der Waals surface area contributed by atoms with Gasteiger partial charge >= 0.3 is 0 Å². The molecule has 2 N–H and O–H groups in total. The van der Waals surface area contributed by atoms with Gasteiger partial charge in [0.2, 0.25) is 9.84 Å². The highest BCUT2D eigenvalue weighted by atomic mass is 32.2. The number of piperazine rings is 1. The first-order valence-electron chi connectivity index (χ1n) is 10.2. The van der Waals surface area contributed by atoms with E-state index in [9.17, 15) is 23.3 Å². The summed E-state index contributed by atoms with van der Waals surface area (Å²) < 4.78 is 25.5. The SMILES string of the molecule is O=C(C[NH+]1CCN(c2ccccc2)CC1)Nc1ncc(S(=O)(=O)c2ccc([N+](=O)[O-])cc2)s1. The van der Waals surface area contributed by atoms with Crippen LogP contribution in [0.15, 0.2) is 69.9 Å². The molecule has 2 aromatic carbocycles. The summed E-state index contributed by atoms with van der Waals surface area (Å²) in [4.78, 5) is 30.0. The number of nitrogens with zero attached hydrogens (tertiary/aromatic N) is 3. The first kappa shape index (κ1) is 22.8. The van der Waals surface area contributed by atoms with E-state index in [0.717, 1.165) is 54.5 Å². The summed E-state index contributed by atoms with van der Waals surface area (Å²) in [6.07, 6.45) is 1.18. The molecule has 0 atom stereocenters.